The number of aromatic nitrogens is 2. The van der Waals surface area contributed by atoms with Crippen LogP contribution in [-0.2, 0) is 13.0 Å². The van der Waals surface area contributed by atoms with Gasteiger partial charge in [-0.3, -0.25) is 14.2 Å². The van der Waals surface area contributed by atoms with Crippen LogP contribution in [0.3, 0.4) is 0 Å². The number of carbonyl (C=O) groups is 1. The molecular formula is C17H21N3O3. The van der Waals surface area contributed by atoms with Crippen molar-refractivity contribution in [1.29, 1.82) is 0 Å². The first-order chi connectivity index (χ1) is 11.2. The SMILES string of the molecule is CCOc1ccccc1C(=O)NCCn1cnc(CC)cc1=O. The topological polar surface area (TPSA) is 73.2 Å². The molecule has 0 radical (unpaired) electrons. The van der Waals surface area contributed by atoms with E-state index in [1.54, 1.807) is 18.2 Å². The molecule has 23 heavy (non-hydrogen) atoms. The van der Waals surface area contributed by atoms with Crippen LogP contribution in [0, 0.1) is 0 Å². The lowest BCUT2D eigenvalue weighted by atomic mass is 10.2. The molecule has 1 aromatic heterocycles. The highest BCUT2D eigenvalue weighted by Crippen LogP contribution is 2.17. The van der Waals surface area contributed by atoms with Crippen molar-refractivity contribution in [3.63, 3.8) is 0 Å². The minimum Gasteiger partial charge on any atom is -0.493 e. The first-order valence-electron chi connectivity index (χ1n) is 7.71. The minimum atomic E-state index is -0.222. The van der Waals surface area contributed by atoms with Gasteiger partial charge in [-0.15, -0.1) is 0 Å². The third kappa shape index (κ3) is 4.42. The van der Waals surface area contributed by atoms with Gasteiger partial charge < -0.3 is 10.1 Å². The molecule has 6 heteroatoms. The molecule has 0 bridgehead atoms. The molecule has 0 aliphatic heterocycles. The van der Waals surface area contributed by atoms with Crippen LogP contribution in [0.5, 0.6) is 5.75 Å². The maximum absolute atomic E-state index is 12.2. The first kappa shape index (κ1) is 16.7. The average Bonchev–Trinajstić information content (AvgIpc) is 2.57. The standard InChI is InChI=1S/C17H21N3O3/c1-3-13-11-16(21)20(12-19-13)10-9-18-17(22)14-7-5-6-8-15(14)23-4-2/h5-8,11-12H,3-4,9-10H2,1-2H3,(H,18,22). The number of rotatable bonds is 7. The molecule has 122 valence electrons. The van der Waals surface area contributed by atoms with Gasteiger partial charge in [0.25, 0.3) is 11.5 Å². The Morgan fingerprint density at radius 1 is 1.30 bits per heavy atom. The zero-order valence-electron chi connectivity index (χ0n) is 13.4. The molecule has 0 spiro atoms. The van der Waals surface area contributed by atoms with Crippen molar-refractivity contribution in [2.45, 2.75) is 26.8 Å². The molecule has 1 N–H and O–H groups in total. The number of nitrogens with zero attached hydrogens (tertiary/aromatic N) is 2. The van der Waals surface area contributed by atoms with Gasteiger partial charge in [0.2, 0.25) is 0 Å². The molecule has 2 aromatic rings. The highest BCUT2D eigenvalue weighted by atomic mass is 16.5. The number of hydrogen-bond acceptors (Lipinski definition) is 4. The summed E-state index contributed by atoms with van der Waals surface area (Å²) in [5.41, 5.74) is 1.14. The summed E-state index contributed by atoms with van der Waals surface area (Å²) in [6.07, 6.45) is 2.24. The number of nitrogens with one attached hydrogen (secondary N) is 1. The average molecular weight is 315 g/mol. The van der Waals surface area contributed by atoms with Crippen molar-refractivity contribution in [2.75, 3.05) is 13.2 Å². The molecule has 0 aliphatic rings. The number of para-hydroxylation sites is 1. The van der Waals surface area contributed by atoms with Gasteiger partial charge in [0, 0.05) is 24.8 Å². The van der Waals surface area contributed by atoms with Crippen molar-refractivity contribution >= 4 is 5.91 Å². The summed E-state index contributed by atoms with van der Waals surface area (Å²) in [5, 5.41) is 2.80. The third-order valence-electron chi connectivity index (χ3n) is 3.37. The Morgan fingerprint density at radius 2 is 2.09 bits per heavy atom. The van der Waals surface area contributed by atoms with Crippen LogP contribution >= 0.6 is 0 Å². The Morgan fingerprint density at radius 3 is 2.78 bits per heavy atom. The third-order valence-corrected chi connectivity index (χ3v) is 3.37. The van der Waals surface area contributed by atoms with Crippen LogP contribution in [0.2, 0.25) is 0 Å². The largest absolute Gasteiger partial charge is 0.493 e. The van der Waals surface area contributed by atoms with E-state index in [9.17, 15) is 9.59 Å². The smallest absolute Gasteiger partial charge is 0.255 e. The predicted molar refractivity (Wildman–Crippen MR) is 87.8 cm³/mol. The highest BCUT2D eigenvalue weighted by molar-refractivity contribution is 5.96. The Hall–Kier alpha value is -2.63. The quantitative estimate of drug-likeness (QED) is 0.843. The van der Waals surface area contributed by atoms with Gasteiger partial charge in [-0.25, -0.2) is 4.98 Å². The summed E-state index contributed by atoms with van der Waals surface area (Å²) in [4.78, 5) is 28.3. The second-order valence-corrected chi connectivity index (χ2v) is 4.95. The number of benzene rings is 1. The van der Waals surface area contributed by atoms with E-state index in [2.05, 4.69) is 10.3 Å². The van der Waals surface area contributed by atoms with Crippen LogP contribution in [0.25, 0.3) is 0 Å². The Kier molecular flexibility index (Phi) is 5.91. The van der Waals surface area contributed by atoms with Gasteiger partial charge >= 0.3 is 0 Å². The van der Waals surface area contributed by atoms with Gasteiger partial charge in [0.05, 0.1) is 18.5 Å². The number of ether oxygens (including phenoxy) is 1. The lowest BCUT2D eigenvalue weighted by molar-refractivity contribution is 0.0948. The van der Waals surface area contributed by atoms with E-state index < -0.39 is 0 Å². The van der Waals surface area contributed by atoms with Gasteiger partial charge in [-0.1, -0.05) is 19.1 Å². The minimum absolute atomic E-state index is 0.110. The fraction of sp³-hybridized carbons (Fsp3) is 0.353. The van der Waals surface area contributed by atoms with Gasteiger partial charge in [0.1, 0.15) is 5.75 Å². The van der Waals surface area contributed by atoms with E-state index in [1.165, 1.54) is 17.0 Å². The van der Waals surface area contributed by atoms with Crippen LogP contribution in [0.15, 0.2) is 41.5 Å². The second kappa shape index (κ2) is 8.12. The second-order valence-electron chi connectivity index (χ2n) is 4.95. The van der Waals surface area contributed by atoms with E-state index in [0.29, 0.717) is 31.0 Å². The van der Waals surface area contributed by atoms with Crippen molar-refractivity contribution in [1.82, 2.24) is 14.9 Å². The number of aryl methyl sites for hydroxylation is 1. The maximum Gasteiger partial charge on any atom is 0.255 e. The number of carbonyl (C=O) groups excluding carboxylic acids is 1. The molecule has 2 rings (SSSR count). The van der Waals surface area contributed by atoms with E-state index in [1.807, 2.05) is 19.9 Å². The molecular weight excluding hydrogens is 294 g/mol. The molecule has 1 aromatic carbocycles. The summed E-state index contributed by atoms with van der Waals surface area (Å²) < 4.78 is 6.92. The highest BCUT2D eigenvalue weighted by Gasteiger charge is 2.11. The molecule has 1 amide bonds. The van der Waals surface area contributed by atoms with Crippen molar-refractivity contribution in [3.8, 4) is 5.75 Å². The van der Waals surface area contributed by atoms with E-state index in [4.69, 9.17) is 4.74 Å². The van der Waals surface area contributed by atoms with Crippen molar-refractivity contribution < 1.29 is 9.53 Å². The van der Waals surface area contributed by atoms with Gasteiger partial charge in [-0.05, 0) is 25.5 Å². The molecule has 0 unspecified atom stereocenters. The zero-order chi connectivity index (χ0) is 16.7. The predicted octanol–water partition coefficient (Wildman–Crippen LogP) is 1.63. The molecule has 0 atom stereocenters. The Bertz CT molecular complexity index is 725. The summed E-state index contributed by atoms with van der Waals surface area (Å²) in [7, 11) is 0. The van der Waals surface area contributed by atoms with Crippen LogP contribution in [0.1, 0.15) is 29.9 Å². The zero-order valence-corrected chi connectivity index (χ0v) is 13.4. The number of hydrogen-bond donors (Lipinski definition) is 1. The normalized spacial score (nSPS) is 10.3. The fourth-order valence-corrected chi connectivity index (χ4v) is 2.15. The Labute approximate surface area is 135 Å². The Balaban J connectivity index is 1.96. The van der Waals surface area contributed by atoms with Crippen LogP contribution in [0.4, 0.5) is 0 Å². The molecule has 6 nitrogen and oxygen atoms in total. The van der Waals surface area contributed by atoms with E-state index in [0.717, 1.165) is 12.1 Å². The van der Waals surface area contributed by atoms with Crippen LogP contribution in [-0.4, -0.2) is 28.6 Å². The van der Waals surface area contributed by atoms with E-state index >= 15 is 0 Å². The van der Waals surface area contributed by atoms with Crippen molar-refractivity contribution in [3.05, 3.63) is 58.3 Å². The van der Waals surface area contributed by atoms with Crippen molar-refractivity contribution in [2.24, 2.45) is 0 Å². The van der Waals surface area contributed by atoms with E-state index in [-0.39, 0.29) is 11.5 Å². The summed E-state index contributed by atoms with van der Waals surface area (Å²) >= 11 is 0. The molecule has 0 aliphatic carbocycles. The lowest BCUT2D eigenvalue weighted by Crippen LogP contribution is -2.31. The lowest BCUT2D eigenvalue weighted by Gasteiger charge is -2.11. The molecule has 0 saturated heterocycles. The molecule has 0 saturated carbocycles. The summed E-state index contributed by atoms with van der Waals surface area (Å²) in [6, 6.07) is 8.60. The molecule has 1 heterocycles. The fourth-order valence-electron chi connectivity index (χ4n) is 2.15. The van der Waals surface area contributed by atoms with Gasteiger partial charge in [-0.2, -0.15) is 0 Å². The number of amides is 1. The molecule has 0 fully saturated rings. The summed E-state index contributed by atoms with van der Waals surface area (Å²) in [5.74, 6) is 0.332. The van der Waals surface area contributed by atoms with Crippen LogP contribution < -0.4 is 15.6 Å². The first-order valence-corrected chi connectivity index (χ1v) is 7.71. The maximum atomic E-state index is 12.2. The monoisotopic (exact) mass is 315 g/mol. The van der Waals surface area contributed by atoms with Gasteiger partial charge in [0.15, 0.2) is 0 Å². The summed E-state index contributed by atoms with van der Waals surface area (Å²) in [6.45, 7) is 5.02.